The van der Waals surface area contributed by atoms with Gasteiger partial charge in [0.2, 0.25) is 0 Å². The van der Waals surface area contributed by atoms with E-state index in [0.717, 1.165) is 67.6 Å². The summed E-state index contributed by atoms with van der Waals surface area (Å²) in [5.74, 6) is -0.701. The second-order valence-corrected chi connectivity index (χ2v) is 6.99. The fourth-order valence-electron chi connectivity index (χ4n) is 3.27. The van der Waals surface area contributed by atoms with E-state index in [0.29, 0.717) is 0 Å². The number of aliphatic carboxylic acids is 1. The second-order valence-electron chi connectivity index (χ2n) is 6.99. The zero-order valence-corrected chi connectivity index (χ0v) is 16.1. The fourth-order valence-corrected chi connectivity index (χ4v) is 3.27. The van der Waals surface area contributed by atoms with E-state index in [-0.39, 0.29) is 6.42 Å². The Labute approximate surface area is 166 Å². The molecule has 5 heteroatoms. The summed E-state index contributed by atoms with van der Waals surface area (Å²) in [5, 5.41) is 18.2. The summed E-state index contributed by atoms with van der Waals surface area (Å²) in [6, 6.07) is 20.4. The summed E-state index contributed by atoms with van der Waals surface area (Å²) >= 11 is 0. The number of carboxylic acid groups (broad SMARTS) is 1. The predicted octanol–water partition coefficient (Wildman–Crippen LogP) is 5.43. The summed E-state index contributed by atoms with van der Waals surface area (Å²) in [6.07, 6.45) is 6.38. The molecule has 146 valence electrons. The Balaban J connectivity index is 1.58. The molecule has 0 unspecified atom stereocenters. The minimum atomic E-state index is -0.701. The smallest absolute Gasteiger partial charge is 0.303 e. The quantitative estimate of drug-likeness (QED) is 0.453. The molecule has 0 aliphatic heterocycles. The van der Waals surface area contributed by atoms with E-state index in [1.807, 2.05) is 41.2 Å². The summed E-state index contributed by atoms with van der Waals surface area (Å²) in [4.78, 5) is 12.3. The lowest BCUT2D eigenvalue weighted by molar-refractivity contribution is -0.137. The molecular weight excluding hydrogens is 350 g/mol. The van der Waals surface area contributed by atoms with Gasteiger partial charge in [0.1, 0.15) is 11.4 Å². The molecule has 1 N–H and O–H groups in total. The van der Waals surface area contributed by atoms with Gasteiger partial charge < -0.3 is 5.11 Å². The SMILES string of the molecule is O=C(O)CCCCCCCCn1nc(-c2ccccc2)c(-c2ccccc2)n1. The molecule has 5 nitrogen and oxygen atoms in total. The highest BCUT2D eigenvalue weighted by Crippen LogP contribution is 2.28. The van der Waals surface area contributed by atoms with Gasteiger partial charge in [-0.1, -0.05) is 86.3 Å². The predicted molar refractivity (Wildman–Crippen MR) is 111 cm³/mol. The van der Waals surface area contributed by atoms with E-state index in [9.17, 15) is 4.79 Å². The molecule has 0 atom stereocenters. The normalized spacial score (nSPS) is 10.9. The average Bonchev–Trinajstić information content (AvgIpc) is 3.15. The van der Waals surface area contributed by atoms with Crippen molar-refractivity contribution in [3.63, 3.8) is 0 Å². The van der Waals surface area contributed by atoms with Crippen LogP contribution in [-0.2, 0) is 11.3 Å². The van der Waals surface area contributed by atoms with Crippen LogP contribution in [0.4, 0.5) is 0 Å². The highest BCUT2D eigenvalue weighted by molar-refractivity contribution is 5.77. The number of benzene rings is 2. The maximum absolute atomic E-state index is 10.5. The van der Waals surface area contributed by atoms with Gasteiger partial charge in [-0.3, -0.25) is 4.79 Å². The lowest BCUT2D eigenvalue weighted by Gasteiger charge is -2.01. The number of nitrogens with zero attached hydrogens (tertiary/aromatic N) is 3. The van der Waals surface area contributed by atoms with Crippen molar-refractivity contribution in [2.24, 2.45) is 0 Å². The summed E-state index contributed by atoms with van der Waals surface area (Å²) in [5.41, 5.74) is 3.98. The first-order valence-corrected chi connectivity index (χ1v) is 10.0. The maximum atomic E-state index is 10.5. The standard InChI is InChI=1S/C23H27N3O2/c27-21(28)17-11-3-1-2-4-12-18-26-24-22(19-13-7-5-8-14-19)23(25-26)20-15-9-6-10-16-20/h5-10,13-16H,1-4,11-12,17-18H2,(H,27,28). The first-order chi connectivity index (χ1) is 13.7. The Morgan fingerprint density at radius 2 is 1.18 bits per heavy atom. The Morgan fingerprint density at radius 1 is 0.714 bits per heavy atom. The van der Waals surface area contributed by atoms with Gasteiger partial charge in [0.05, 0.1) is 6.54 Å². The third kappa shape index (κ3) is 5.78. The van der Waals surface area contributed by atoms with Crippen LogP contribution in [0.5, 0.6) is 0 Å². The zero-order valence-electron chi connectivity index (χ0n) is 16.1. The average molecular weight is 377 g/mol. The molecule has 3 aromatic rings. The third-order valence-corrected chi connectivity index (χ3v) is 4.75. The van der Waals surface area contributed by atoms with E-state index in [2.05, 4.69) is 24.3 Å². The summed E-state index contributed by atoms with van der Waals surface area (Å²) in [6.45, 7) is 0.793. The van der Waals surface area contributed by atoms with Crippen LogP contribution < -0.4 is 0 Å². The zero-order chi connectivity index (χ0) is 19.6. The van der Waals surface area contributed by atoms with Gasteiger partial charge >= 0.3 is 5.97 Å². The van der Waals surface area contributed by atoms with Crippen molar-refractivity contribution in [3.05, 3.63) is 60.7 Å². The second kappa shape index (κ2) is 10.4. The Bertz CT molecular complexity index is 803. The van der Waals surface area contributed by atoms with Crippen molar-refractivity contribution < 1.29 is 9.90 Å². The number of carboxylic acids is 1. The van der Waals surface area contributed by atoms with E-state index in [1.165, 1.54) is 0 Å². The molecular formula is C23H27N3O2. The molecule has 0 bridgehead atoms. The van der Waals surface area contributed by atoms with E-state index >= 15 is 0 Å². The van der Waals surface area contributed by atoms with Crippen LogP contribution in [0.1, 0.15) is 44.9 Å². The van der Waals surface area contributed by atoms with Crippen LogP contribution in [0, 0.1) is 0 Å². The van der Waals surface area contributed by atoms with Crippen LogP contribution in [0.15, 0.2) is 60.7 Å². The summed E-state index contributed by atoms with van der Waals surface area (Å²) < 4.78 is 0. The molecule has 0 saturated carbocycles. The lowest BCUT2D eigenvalue weighted by atomic mass is 10.1. The molecule has 0 amide bonds. The number of hydrogen-bond acceptors (Lipinski definition) is 3. The number of aromatic nitrogens is 3. The highest BCUT2D eigenvalue weighted by atomic mass is 16.4. The fraction of sp³-hybridized carbons (Fsp3) is 0.348. The Morgan fingerprint density at radius 3 is 1.68 bits per heavy atom. The van der Waals surface area contributed by atoms with Gasteiger partial charge in [0.25, 0.3) is 0 Å². The van der Waals surface area contributed by atoms with Crippen LogP contribution in [-0.4, -0.2) is 26.1 Å². The van der Waals surface area contributed by atoms with Gasteiger partial charge in [-0.15, -0.1) is 0 Å². The first-order valence-electron chi connectivity index (χ1n) is 10.0. The van der Waals surface area contributed by atoms with Crippen molar-refractivity contribution >= 4 is 5.97 Å². The van der Waals surface area contributed by atoms with Gasteiger partial charge in [-0.05, 0) is 12.8 Å². The first kappa shape index (κ1) is 19.8. The lowest BCUT2D eigenvalue weighted by Crippen LogP contribution is -2.02. The van der Waals surface area contributed by atoms with Crippen molar-refractivity contribution in [2.45, 2.75) is 51.5 Å². The molecule has 0 spiro atoms. The van der Waals surface area contributed by atoms with Gasteiger partial charge in [-0.2, -0.15) is 15.0 Å². The monoisotopic (exact) mass is 377 g/mol. The number of aryl methyl sites for hydroxylation is 1. The molecule has 0 aliphatic carbocycles. The maximum Gasteiger partial charge on any atom is 0.303 e. The van der Waals surface area contributed by atoms with Gasteiger partial charge in [0, 0.05) is 17.5 Å². The molecule has 0 saturated heterocycles. The van der Waals surface area contributed by atoms with Gasteiger partial charge in [0.15, 0.2) is 0 Å². The third-order valence-electron chi connectivity index (χ3n) is 4.75. The number of hydrogen-bond donors (Lipinski definition) is 1. The van der Waals surface area contributed by atoms with Crippen molar-refractivity contribution in [3.8, 4) is 22.5 Å². The molecule has 28 heavy (non-hydrogen) atoms. The molecule has 0 aliphatic rings. The Hall–Kier alpha value is -2.95. The number of rotatable bonds is 11. The molecule has 0 radical (unpaired) electrons. The van der Waals surface area contributed by atoms with E-state index < -0.39 is 5.97 Å². The minimum Gasteiger partial charge on any atom is -0.481 e. The molecule has 2 aromatic carbocycles. The van der Waals surface area contributed by atoms with Crippen LogP contribution in [0.2, 0.25) is 0 Å². The topological polar surface area (TPSA) is 68.0 Å². The molecule has 0 fully saturated rings. The summed E-state index contributed by atoms with van der Waals surface area (Å²) in [7, 11) is 0. The molecule has 3 rings (SSSR count). The van der Waals surface area contributed by atoms with Crippen molar-refractivity contribution in [2.75, 3.05) is 0 Å². The van der Waals surface area contributed by atoms with Crippen LogP contribution in [0.25, 0.3) is 22.5 Å². The highest BCUT2D eigenvalue weighted by Gasteiger charge is 2.14. The van der Waals surface area contributed by atoms with Crippen LogP contribution >= 0.6 is 0 Å². The van der Waals surface area contributed by atoms with Crippen LogP contribution in [0.3, 0.4) is 0 Å². The van der Waals surface area contributed by atoms with Crippen molar-refractivity contribution in [1.82, 2.24) is 15.0 Å². The molecule has 1 heterocycles. The minimum absolute atomic E-state index is 0.279. The van der Waals surface area contributed by atoms with Crippen molar-refractivity contribution in [1.29, 1.82) is 0 Å². The van der Waals surface area contributed by atoms with Gasteiger partial charge in [-0.25, -0.2) is 0 Å². The Kier molecular flexibility index (Phi) is 7.36. The number of carbonyl (C=O) groups is 1. The molecule has 1 aromatic heterocycles. The number of unbranched alkanes of at least 4 members (excludes halogenated alkanes) is 5. The van der Waals surface area contributed by atoms with E-state index in [1.54, 1.807) is 0 Å². The largest absolute Gasteiger partial charge is 0.481 e. The van der Waals surface area contributed by atoms with E-state index in [4.69, 9.17) is 15.3 Å².